The van der Waals surface area contributed by atoms with Gasteiger partial charge in [-0.15, -0.1) is 0 Å². The quantitative estimate of drug-likeness (QED) is 0.588. The van der Waals surface area contributed by atoms with Crippen molar-refractivity contribution in [2.75, 3.05) is 52.6 Å². The van der Waals surface area contributed by atoms with Crippen molar-refractivity contribution in [1.82, 2.24) is 24.6 Å². The molecule has 1 aromatic carbocycles. The lowest BCUT2D eigenvalue weighted by Crippen LogP contribution is -2.25. The summed E-state index contributed by atoms with van der Waals surface area (Å²) in [5, 5.41) is 10.6. The summed E-state index contributed by atoms with van der Waals surface area (Å²) in [5.41, 5.74) is 4.14. The maximum Gasteiger partial charge on any atom is 0.160 e. The van der Waals surface area contributed by atoms with E-state index in [-0.39, 0.29) is 0 Å². The maximum absolute atomic E-state index is 4.81. The van der Waals surface area contributed by atoms with Crippen LogP contribution in [-0.4, -0.2) is 71.9 Å². The molecule has 6 nitrogen and oxygen atoms in total. The summed E-state index contributed by atoms with van der Waals surface area (Å²) >= 11 is 0. The first-order valence-electron chi connectivity index (χ1n) is 9.76. The van der Waals surface area contributed by atoms with E-state index >= 15 is 0 Å². The lowest BCUT2D eigenvalue weighted by Gasteiger charge is -2.18. The van der Waals surface area contributed by atoms with E-state index in [1.54, 1.807) is 0 Å². The van der Waals surface area contributed by atoms with E-state index in [0.29, 0.717) is 0 Å². The Hall–Kier alpha value is -2.18. The molecular weight excluding hydrogens is 336 g/mol. The van der Waals surface area contributed by atoms with E-state index in [9.17, 15) is 0 Å². The van der Waals surface area contributed by atoms with Gasteiger partial charge in [0.15, 0.2) is 5.65 Å². The molecule has 1 N–H and O–H groups in total. The molecule has 0 saturated carbocycles. The normalized spacial score (nSPS) is 12.0. The van der Waals surface area contributed by atoms with Gasteiger partial charge in [0, 0.05) is 19.0 Å². The predicted octanol–water partition coefficient (Wildman–Crippen LogP) is 3.12. The zero-order valence-corrected chi connectivity index (χ0v) is 17.3. The van der Waals surface area contributed by atoms with Crippen molar-refractivity contribution in [3.63, 3.8) is 0 Å². The molecule has 0 aliphatic carbocycles. The van der Waals surface area contributed by atoms with Crippen LogP contribution in [0.1, 0.15) is 18.5 Å². The average Bonchev–Trinajstić information content (AvgIpc) is 2.91. The fraction of sp³-hybridized carbons (Fsp3) is 0.524. The molecule has 0 unspecified atom stereocenters. The van der Waals surface area contributed by atoms with E-state index in [1.807, 2.05) is 17.8 Å². The van der Waals surface area contributed by atoms with Gasteiger partial charge in [0.2, 0.25) is 0 Å². The van der Waals surface area contributed by atoms with Crippen LogP contribution in [0, 0.1) is 6.92 Å². The molecule has 3 aromatic rings. The van der Waals surface area contributed by atoms with Crippen LogP contribution in [0.15, 0.2) is 24.3 Å². The molecule has 3 rings (SSSR count). The third-order valence-electron chi connectivity index (χ3n) is 5.01. The number of nitrogens with one attached hydrogen (secondary N) is 1. The van der Waals surface area contributed by atoms with Gasteiger partial charge in [-0.05, 0) is 66.6 Å². The van der Waals surface area contributed by atoms with Gasteiger partial charge in [0.1, 0.15) is 0 Å². The first-order valence-corrected chi connectivity index (χ1v) is 9.76. The van der Waals surface area contributed by atoms with Gasteiger partial charge in [0.05, 0.1) is 22.3 Å². The van der Waals surface area contributed by atoms with E-state index in [0.717, 1.165) is 60.5 Å². The predicted molar refractivity (Wildman–Crippen MR) is 115 cm³/mol. The van der Waals surface area contributed by atoms with Crippen molar-refractivity contribution in [3.8, 4) is 0 Å². The van der Waals surface area contributed by atoms with Crippen LogP contribution in [0.25, 0.3) is 21.9 Å². The Morgan fingerprint density at radius 3 is 2.56 bits per heavy atom. The number of aryl methyl sites for hydroxylation is 2. The molecule has 0 bridgehead atoms. The molecule has 0 radical (unpaired) electrons. The Labute approximate surface area is 162 Å². The zero-order valence-electron chi connectivity index (χ0n) is 17.3. The highest BCUT2D eigenvalue weighted by molar-refractivity contribution is 6.07. The smallest absolute Gasteiger partial charge is 0.160 e. The first kappa shape index (κ1) is 19.6. The van der Waals surface area contributed by atoms with Crippen LogP contribution in [0.3, 0.4) is 0 Å². The molecule has 2 aromatic heterocycles. The average molecular weight is 369 g/mol. The summed E-state index contributed by atoms with van der Waals surface area (Å²) in [5.74, 6) is 0. The highest BCUT2D eigenvalue weighted by Gasteiger charge is 2.15. The number of nitrogens with zero attached hydrogens (tertiary/aromatic N) is 5. The van der Waals surface area contributed by atoms with E-state index in [2.05, 4.69) is 66.5 Å². The second kappa shape index (κ2) is 8.67. The molecule has 2 heterocycles. The van der Waals surface area contributed by atoms with E-state index in [4.69, 9.17) is 4.98 Å². The fourth-order valence-corrected chi connectivity index (χ4v) is 3.61. The third-order valence-corrected chi connectivity index (χ3v) is 5.01. The van der Waals surface area contributed by atoms with Gasteiger partial charge in [-0.3, -0.25) is 4.68 Å². The summed E-state index contributed by atoms with van der Waals surface area (Å²) < 4.78 is 1.88. The van der Waals surface area contributed by atoms with Gasteiger partial charge in [0.25, 0.3) is 0 Å². The molecule has 0 aliphatic heterocycles. The van der Waals surface area contributed by atoms with Gasteiger partial charge >= 0.3 is 0 Å². The van der Waals surface area contributed by atoms with Crippen LogP contribution in [0.4, 0.5) is 5.69 Å². The minimum atomic E-state index is 0.939. The molecule has 0 amide bonds. The summed E-state index contributed by atoms with van der Waals surface area (Å²) in [6.45, 7) is 6.38. The number of pyridine rings is 1. The van der Waals surface area contributed by atoms with Crippen molar-refractivity contribution in [2.24, 2.45) is 7.05 Å². The second-order valence-electron chi connectivity index (χ2n) is 7.65. The minimum absolute atomic E-state index is 0.939. The van der Waals surface area contributed by atoms with Crippen molar-refractivity contribution >= 4 is 27.6 Å². The van der Waals surface area contributed by atoms with Crippen LogP contribution >= 0.6 is 0 Å². The molecule has 0 spiro atoms. The molecular formula is C21H32N6. The summed E-state index contributed by atoms with van der Waals surface area (Å²) in [6.07, 6.45) is 2.32. The lowest BCUT2D eigenvalue weighted by atomic mass is 10.1. The van der Waals surface area contributed by atoms with Gasteiger partial charge < -0.3 is 15.1 Å². The highest BCUT2D eigenvalue weighted by Crippen LogP contribution is 2.32. The lowest BCUT2D eigenvalue weighted by molar-refractivity contribution is 0.300. The topological polar surface area (TPSA) is 49.2 Å². The van der Waals surface area contributed by atoms with Crippen molar-refractivity contribution in [2.45, 2.75) is 19.8 Å². The molecule has 0 aliphatic rings. The molecule has 0 atom stereocenters. The van der Waals surface area contributed by atoms with Crippen LogP contribution < -0.4 is 5.32 Å². The number of hydrogen-bond acceptors (Lipinski definition) is 5. The second-order valence-corrected chi connectivity index (χ2v) is 7.65. The Morgan fingerprint density at radius 1 is 1.04 bits per heavy atom. The number of anilines is 1. The van der Waals surface area contributed by atoms with E-state index in [1.165, 1.54) is 11.8 Å². The standard InChI is InChI=1S/C21H32N6/c1-16-19-20(22-12-8-14-26(4)15-9-13-25(2)3)17-10-6-7-11-18(17)23-21(19)27(5)24-16/h6-7,10-11H,8-9,12-15H2,1-5H3,(H,22,23). The molecule has 27 heavy (non-hydrogen) atoms. The Kier molecular flexibility index (Phi) is 6.29. The monoisotopic (exact) mass is 368 g/mol. The number of fused-ring (bicyclic) bond motifs is 2. The van der Waals surface area contributed by atoms with Crippen LogP contribution in [-0.2, 0) is 7.05 Å². The van der Waals surface area contributed by atoms with Crippen molar-refractivity contribution < 1.29 is 0 Å². The number of para-hydroxylation sites is 1. The molecule has 0 fully saturated rings. The molecule has 146 valence electrons. The molecule has 0 saturated heterocycles. The summed E-state index contributed by atoms with van der Waals surface area (Å²) in [4.78, 5) is 9.47. The summed E-state index contributed by atoms with van der Waals surface area (Å²) in [7, 11) is 8.43. The highest BCUT2D eigenvalue weighted by atomic mass is 15.3. The number of rotatable bonds is 9. The Bertz CT molecular complexity index is 898. The summed E-state index contributed by atoms with van der Waals surface area (Å²) in [6, 6.07) is 8.33. The maximum atomic E-state index is 4.81. The van der Waals surface area contributed by atoms with Crippen molar-refractivity contribution in [3.05, 3.63) is 30.0 Å². The third kappa shape index (κ3) is 4.57. The van der Waals surface area contributed by atoms with Gasteiger partial charge in [-0.25, -0.2) is 4.98 Å². The first-order chi connectivity index (χ1) is 13.0. The molecule has 6 heteroatoms. The minimum Gasteiger partial charge on any atom is -0.384 e. The van der Waals surface area contributed by atoms with Crippen LogP contribution in [0.2, 0.25) is 0 Å². The van der Waals surface area contributed by atoms with Gasteiger partial charge in [-0.2, -0.15) is 5.10 Å². The largest absolute Gasteiger partial charge is 0.384 e. The Morgan fingerprint density at radius 2 is 1.78 bits per heavy atom. The number of benzene rings is 1. The Balaban J connectivity index is 1.69. The zero-order chi connectivity index (χ0) is 19.4. The number of aromatic nitrogens is 3. The SMILES string of the molecule is Cc1nn(C)c2nc3ccccc3c(NCCCN(C)CCCN(C)C)c12. The number of hydrogen-bond donors (Lipinski definition) is 1. The van der Waals surface area contributed by atoms with E-state index < -0.39 is 0 Å². The van der Waals surface area contributed by atoms with Crippen molar-refractivity contribution in [1.29, 1.82) is 0 Å². The van der Waals surface area contributed by atoms with Gasteiger partial charge in [-0.1, -0.05) is 18.2 Å². The fourth-order valence-electron chi connectivity index (χ4n) is 3.61. The van der Waals surface area contributed by atoms with Crippen LogP contribution in [0.5, 0.6) is 0 Å².